The van der Waals surface area contributed by atoms with Gasteiger partial charge in [0.2, 0.25) is 5.91 Å². The molecule has 2 aromatic rings. The highest BCUT2D eigenvalue weighted by Crippen LogP contribution is 2.23. The maximum atomic E-state index is 12.7. The molecule has 2 saturated heterocycles. The first-order chi connectivity index (χ1) is 14.9. The molecule has 9 nitrogen and oxygen atoms in total. The number of carbonyl (C=O) groups is 2. The van der Waals surface area contributed by atoms with Crippen LogP contribution in [0.4, 0.5) is 21.9 Å². The highest BCUT2D eigenvalue weighted by molar-refractivity contribution is 5.96. The Morgan fingerprint density at radius 3 is 2.23 bits per heavy atom. The predicted molar refractivity (Wildman–Crippen MR) is 117 cm³/mol. The molecule has 2 aromatic carbocycles. The van der Waals surface area contributed by atoms with Crippen LogP contribution < -0.4 is 15.1 Å². The fourth-order valence-corrected chi connectivity index (χ4v) is 4.00. The van der Waals surface area contributed by atoms with Crippen molar-refractivity contribution in [1.82, 2.24) is 10.2 Å². The average molecular weight is 423 g/mol. The van der Waals surface area contributed by atoms with Crippen LogP contribution in [0.3, 0.4) is 0 Å². The molecule has 9 heteroatoms. The third-order valence-corrected chi connectivity index (χ3v) is 5.79. The number of urea groups is 1. The Morgan fingerprint density at radius 2 is 1.61 bits per heavy atom. The summed E-state index contributed by atoms with van der Waals surface area (Å²) in [6.07, 6.45) is 0.294. The summed E-state index contributed by atoms with van der Waals surface area (Å²) in [6.45, 7) is 4.85. The summed E-state index contributed by atoms with van der Waals surface area (Å²) in [5.74, 6) is 0.0112. The minimum Gasteiger partial charge on any atom is -0.368 e. The number of nitrogens with one attached hydrogen (secondary N) is 1. The summed E-state index contributed by atoms with van der Waals surface area (Å²) in [5, 5.41) is 13.8. The normalized spacial score (nSPS) is 18.9. The SMILES string of the molecule is Cc1ccc(N2C[C@@H](NC(=O)N3CCN(c4ccc([N+](=O)[O-])cc4)CC3)CC2=O)cc1. The lowest BCUT2D eigenvalue weighted by molar-refractivity contribution is -0.384. The summed E-state index contributed by atoms with van der Waals surface area (Å²) in [4.78, 5) is 41.1. The highest BCUT2D eigenvalue weighted by Gasteiger charge is 2.33. The molecule has 4 rings (SSSR count). The Labute approximate surface area is 180 Å². The summed E-state index contributed by atoms with van der Waals surface area (Å²) < 4.78 is 0. The van der Waals surface area contributed by atoms with Crippen molar-refractivity contribution < 1.29 is 14.5 Å². The van der Waals surface area contributed by atoms with Gasteiger partial charge in [0.05, 0.1) is 11.0 Å². The first-order valence-electron chi connectivity index (χ1n) is 10.3. The number of amides is 3. The second-order valence-corrected chi connectivity index (χ2v) is 7.94. The van der Waals surface area contributed by atoms with E-state index in [4.69, 9.17) is 0 Å². The monoisotopic (exact) mass is 423 g/mol. The molecule has 162 valence electrons. The zero-order valence-electron chi connectivity index (χ0n) is 17.4. The Kier molecular flexibility index (Phi) is 5.75. The molecule has 0 saturated carbocycles. The van der Waals surface area contributed by atoms with Gasteiger partial charge in [-0.15, -0.1) is 0 Å². The molecule has 0 aromatic heterocycles. The van der Waals surface area contributed by atoms with E-state index in [-0.39, 0.29) is 23.7 Å². The average Bonchev–Trinajstić information content (AvgIpc) is 3.14. The second-order valence-electron chi connectivity index (χ2n) is 7.94. The van der Waals surface area contributed by atoms with Gasteiger partial charge in [0.1, 0.15) is 0 Å². The number of piperazine rings is 1. The predicted octanol–water partition coefficient (Wildman–Crippen LogP) is 2.54. The fourth-order valence-electron chi connectivity index (χ4n) is 4.00. The number of carbonyl (C=O) groups excluding carboxylic acids is 2. The fraction of sp³-hybridized carbons (Fsp3) is 0.364. The van der Waals surface area contributed by atoms with Crippen molar-refractivity contribution in [3.05, 3.63) is 64.2 Å². The largest absolute Gasteiger partial charge is 0.368 e. The minimum absolute atomic E-state index is 0.0112. The van der Waals surface area contributed by atoms with Gasteiger partial charge in [-0.3, -0.25) is 14.9 Å². The van der Waals surface area contributed by atoms with E-state index in [2.05, 4.69) is 10.2 Å². The van der Waals surface area contributed by atoms with Crippen molar-refractivity contribution in [3.63, 3.8) is 0 Å². The molecule has 1 N–H and O–H groups in total. The molecule has 0 aliphatic carbocycles. The summed E-state index contributed by atoms with van der Waals surface area (Å²) >= 11 is 0. The molecular weight excluding hydrogens is 398 g/mol. The van der Waals surface area contributed by atoms with E-state index in [1.54, 1.807) is 21.9 Å². The topological polar surface area (TPSA) is 99.0 Å². The third-order valence-electron chi connectivity index (χ3n) is 5.79. The maximum absolute atomic E-state index is 12.7. The Bertz CT molecular complexity index is 968. The van der Waals surface area contributed by atoms with E-state index in [9.17, 15) is 19.7 Å². The molecule has 2 heterocycles. The zero-order chi connectivity index (χ0) is 22.0. The van der Waals surface area contributed by atoms with Gasteiger partial charge in [-0.05, 0) is 31.2 Å². The van der Waals surface area contributed by atoms with Crippen LogP contribution in [0.1, 0.15) is 12.0 Å². The van der Waals surface area contributed by atoms with Gasteiger partial charge in [0.15, 0.2) is 0 Å². The van der Waals surface area contributed by atoms with Crippen LogP contribution >= 0.6 is 0 Å². The molecule has 0 radical (unpaired) electrons. The Morgan fingerprint density at radius 1 is 1.00 bits per heavy atom. The van der Waals surface area contributed by atoms with Crippen molar-refractivity contribution in [2.24, 2.45) is 0 Å². The summed E-state index contributed by atoms with van der Waals surface area (Å²) in [5.41, 5.74) is 2.95. The van der Waals surface area contributed by atoms with Gasteiger partial charge < -0.3 is 20.0 Å². The third kappa shape index (κ3) is 4.60. The van der Waals surface area contributed by atoms with Gasteiger partial charge in [0, 0.05) is 62.7 Å². The van der Waals surface area contributed by atoms with E-state index in [0.29, 0.717) is 39.1 Å². The minimum atomic E-state index is -0.417. The van der Waals surface area contributed by atoms with Crippen LogP contribution in [0.5, 0.6) is 0 Å². The molecule has 2 aliphatic heterocycles. The van der Waals surface area contributed by atoms with Crippen molar-refractivity contribution in [2.45, 2.75) is 19.4 Å². The molecule has 31 heavy (non-hydrogen) atoms. The van der Waals surface area contributed by atoms with Crippen LogP contribution in [-0.4, -0.2) is 60.5 Å². The number of hydrogen-bond acceptors (Lipinski definition) is 5. The number of nitrogens with zero attached hydrogens (tertiary/aromatic N) is 4. The summed E-state index contributed by atoms with van der Waals surface area (Å²) in [6, 6.07) is 13.9. The van der Waals surface area contributed by atoms with E-state index in [1.807, 2.05) is 31.2 Å². The van der Waals surface area contributed by atoms with Gasteiger partial charge in [0.25, 0.3) is 5.69 Å². The highest BCUT2D eigenvalue weighted by atomic mass is 16.6. The molecule has 2 fully saturated rings. The Balaban J connectivity index is 1.29. The van der Waals surface area contributed by atoms with Crippen molar-refractivity contribution in [2.75, 3.05) is 42.5 Å². The van der Waals surface area contributed by atoms with Crippen molar-refractivity contribution >= 4 is 29.0 Å². The number of hydrogen-bond donors (Lipinski definition) is 1. The standard InChI is InChI=1S/C22H25N5O4/c1-16-2-4-19(5-3-16)26-15-17(14-21(26)28)23-22(29)25-12-10-24(11-13-25)18-6-8-20(9-7-18)27(30)31/h2-9,17H,10-15H2,1H3,(H,23,29)/t17-/m0/s1. The molecule has 1 atom stereocenters. The van der Waals surface area contributed by atoms with Crippen LogP contribution in [0, 0.1) is 17.0 Å². The van der Waals surface area contributed by atoms with E-state index in [0.717, 1.165) is 16.9 Å². The number of rotatable bonds is 4. The smallest absolute Gasteiger partial charge is 0.317 e. The van der Waals surface area contributed by atoms with Crippen LogP contribution in [0.15, 0.2) is 48.5 Å². The lowest BCUT2D eigenvalue weighted by Crippen LogP contribution is -2.53. The first-order valence-corrected chi connectivity index (χ1v) is 10.3. The van der Waals surface area contributed by atoms with Crippen LogP contribution in [0.2, 0.25) is 0 Å². The number of nitro benzene ring substituents is 1. The number of benzene rings is 2. The van der Waals surface area contributed by atoms with Gasteiger partial charge >= 0.3 is 6.03 Å². The molecule has 2 aliphatic rings. The zero-order valence-corrected chi connectivity index (χ0v) is 17.4. The van der Waals surface area contributed by atoms with Crippen molar-refractivity contribution in [3.8, 4) is 0 Å². The van der Waals surface area contributed by atoms with E-state index in [1.165, 1.54) is 12.1 Å². The lowest BCUT2D eigenvalue weighted by atomic mass is 10.2. The Hall–Kier alpha value is -3.62. The first kappa shape index (κ1) is 20.6. The van der Waals surface area contributed by atoms with Gasteiger partial charge in [-0.2, -0.15) is 0 Å². The number of non-ortho nitro benzene ring substituents is 1. The summed E-state index contributed by atoms with van der Waals surface area (Å²) in [7, 11) is 0. The quantitative estimate of drug-likeness (QED) is 0.602. The van der Waals surface area contributed by atoms with E-state index < -0.39 is 4.92 Å². The van der Waals surface area contributed by atoms with Crippen LogP contribution in [0.25, 0.3) is 0 Å². The molecule has 3 amide bonds. The van der Waals surface area contributed by atoms with Gasteiger partial charge in [-0.1, -0.05) is 17.7 Å². The molecule has 0 bridgehead atoms. The molecular formula is C22H25N5O4. The molecule has 0 unspecified atom stereocenters. The van der Waals surface area contributed by atoms with Crippen LogP contribution in [-0.2, 0) is 4.79 Å². The van der Waals surface area contributed by atoms with Gasteiger partial charge in [-0.25, -0.2) is 4.79 Å². The molecule has 0 spiro atoms. The number of aryl methyl sites for hydroxylation is 1. The van der Waals surface area contributed by atoms with Crippen molar-refractivity contribution in [1.29, 1.82) is 0 Å². The lowest BCUT2D eigenvalue weighted by Gasteiger charge is -2.36. The maximum Gasteiger partial charge on any atom is 0.317 e. The van der Waals surface area contributed by atoms with E-state index >= 15 is 0 Å². The number of nitro groups is 1. The number of anilines is 2. The second kappa shape index (κ2) is 8.63.